The summed E-state index contributed by atoms with van der Waals surface area (Å²) in [5.74, 6) is 1.66. The lowest BCUT2D eigenvalue weighted by molar-refractivity contribution is 0.332. The van der Waals surface area contributed by atoms with Gasteiger partial charge in [0.15, 0.2) is 0 Å². The largest absolute Gasteiger partial charge is 0.361 e. The predicted octanol–water partition coefficient (Wildman–Crippen LogP) is 1.88. The van der Waals surface area contributed by atoms with Crippen molar-refractivity contribution in [3.63, 3.8) is 0 Å². The molecule has 1 aromatic heterocycles. The van der Waals surface area contributed by atoms with Gasteiger partial charge in [-0.15, -0.1) is 0 Å². The molecule has 3 heteroatoms. The quantitative estimate of drug-likeness (QED) is 0.663. The zero-order valence-electron chi connectivity index (χ0n) is 6.16. The van der Waals surface area contributed by atoms with Crippen LogP contribution in [0.3, 0.4) is 0 Å². The zero-order chi connectivity index (χ0) is 7.61. The summed E-state index contributed by atoms with van der Waals surface area (Å²) in [6.07, 6.45) is 1.65. The second-order valence-corrected chi connectivity index (χ2v) is 3.23. The van der Waals surface area contributed by atoms with Gasteiger partial charge in [0, 0.05) is 17.2 Å². The van der Waals surface area contributed by atoms with Gasteiger partial charge in [0.1, 0.15) is 5.76 Å². The van der Waals surface area contributed by atoms with Gasteiger partial charge in [0.05, 0.1) is 6.20 Å². The van der Waals surface area contributed by atoms with Crippen molar-refractivity contribution in [2.75, 3.05) is 5.75 Å². The van der Waals surface area contributed by atoms with E-state index in [1.807, 2.05) is 6.07 Å². The number of nitrogens with zero attached hydrogens (tertiary/aromatic N) is 1. The highest BCUT2D eigenvalue weighted by atomic mass is 32.1. The molecule has 1 aromatic rings. The van der Waals surface area contributed by atoms with Gasteiger partial charge in [-0.25, -0.2) is 0 Å². The van der Waals surface area contributed by atoms with E-state index in [4.69, 9.17) is 4.52 Å². The SMILES string of the molecule is CC(C)(CS)c1ccno1. The Balaban J connectivity index is 2.85. The standard InChI is InChI=1S/C7H11NOS/c1-7(2,5-10)6-3-4-8-9-6/h3-4,10H,5H2,1-2H3. The average Bonchev–Trinajstić information content (AvgIpc) is 2.38. The van der Waals surface area contributed by atoms with Crippen LogP contribution >= 0.6 is 12.6 Å². The number of aromatic nitrogens is 1. The molecule has 0 radical (unpaired) electrons. The molecular weight excluding hydrogens is 146 g/mol. The van der Waals surface area contributed by atoms with Crippen molar-refractivity contribution in [3.8, 4) is 0 Å². The maximum Gasteiger partial charge on any atom is 0.143 e. The normalized spacial score (nSPS) is 11.9. The fourth-order valence-corrected chi connectivity index (χ4v) is 0.799. The van der Waals surface area contributed by atoms with Crippen LogP contribution in [0.5, 0.6) is 0 Å². The smallest absolute Gasteiger partial charge is 0.143 e. The number of thiol groups is 1. The molecule has 0 aromatic carbocycles. The summed E-state index contributed by atoms with van der Waals surface area (Å²) in [4.78, 5) is 0. The molecular formula is C7H11NOS. The van der Waals surface area contributed by atoms with Gasteiger partial charge in [0.2, 0.25) is 0 Å². The molecule has 0 amide bonds. The first kappa shape index (κ1) is 7.66. The van der Waals surface area contributed by atoms with Gasteiger partial charge < -0.3 is 4.52 Å². The molecule has 56 valence electrons. The first-order chi connectivity index (χ1) is 4.67. The van der Waals surface area contributed by atoms with Gasteiger partial charge in [-0.1, -0.05) is 19.0 Å². The van der Waals surface area contributed by atoms with Crippen molar-refractivity contribution in [1.82, 2.24) is 5.16 Å². The molecule has 1 heterocycles. The topological polar surface area (TPSA) is 26.0 Å². The van der Waals surface area contributed by atoms with E-state index in [0.717, 1.165) is 11.5 Å². The summed E-state index contributed by atoms with van der Waals surface area (Å²) in [6.45, 7) is 4.14. The Kier molecular flexibility index (Phi) is 2.04. The number of hydrogen-bond acceptors (Lipinski definition) is 3. The second-order valence-electron chi connectivity index (χ2n) is 2.92. The lowest BCUT2D eigenvalue weighted by Crippen LogP contribution is -2.17. The summed E-state index contributed by atoms with van der Waals surface area (Å²) < 4.78 is 4.99. The Labute approximate surface area is 66.0 Å². The Hall–Kier alpha value is -0.440. The summed E-state index contributed by atoms with van der Waals surface area (Å²) in [7, 11) is 0. The third-order valence-electron chi connectivity index (χ3n) is 1.50. The molecule has 0 fully saturated rings. The molecule has 0 unspecified atom stereocenters. The highest BCUT2D eigenvalue weighted by molar-refractivity contribution is 7.80. The van der Waals surface area contributed by atoms with Gasteiger partial charge in [-0.3, -0.25) is 0 Å². The molecule has 10 heavy (non-hydrogen) atoms. The van der Waals surface area contributed by atoms with E-state index in [1.54, 1.807) is 6.20 Å². The van der Waals surface area contributed by atoms with Crippen molar-refractivity contribution >= 4 is 12.6 Å². The van der Waals surface area contributed by atoms with Gasteiger partial charge in [0.25, 0.3) is 0 Å². The van der Waals surface area contributed by atoms with Crippen LogP contribution in [-0.4, -0.2) is 10.9 Å². The molecule has 0 bridgehead atoms. The van der Waals surface area contributed by atoms with E-state index < -0.39 is 0 Å². The van der Waals surface area contributed by atoms with Crippen molar-refractivity contribution in [3.05, 3.63) is 18.0 Å². The highest BCUT2D eigenvalue weighted by Gasteiger charge is 2.21. The van der Waals surface area contributed by atoms with Crippen LogP contribution in [0.2, 0.25) is 0 Å². The van der Waals surface area contributed by atoms with E-state index in [-0.39, 0.29) is 5.41 Å². The van der Waals surface area contributed by atoms with Gasteiger partial charge in [-0.2, -0.15) is 12.6 Å². The predicted molar refractivity (Wildman–Crippen MR) is 43.4 cm³/mol. The van der Waals surface area contributed by atoms with Crippen molar-refractivity contribution in [1.29, 1.82) is 0 Å². The fourth-order valence-electron chi connectivity index (χ4n) is 0.643. The number of hydrogen-bond donors (Lipinski definition) is 1. The lowest BCUT2D eigenvalue weighted by atomic mass is 9.93. The van der Waals surface area contributed by atoms with Crippen LogP contribution in [0.1, 0.15) is 19.6 Å². The molecule has 1 rings (SSSR count). The van der Waals surface area contributed by atoms with Gasteiger partial charge in [-0.05, 0) is 0 Å². The van der Waals surface area contributed by atoms with Crippen LogP contribution in [0.15, 0.2) is 16.8 Å². The molecule has 0 saturated heterocycles. The molecule has 0 saturated carbocycles. The summed E-state index contributed by atoms with van der Waals surface area (Å²) >= 11 is 4.20. The number of rotatable bonds is 2. The first-order valence-corrected chi connectivity index (χ1v) is 3.82. The summed E-state index contributed by atoms with van der Waals surface area (Å²) in [6, 6.07) is 1.87. The summed E-state index contributed by atoms with van der Waals surface area (Å²) in [5.41, 5.74) is -0.000386. The van der Waals surface area contributed by atoms with Crippen LogP contribution in [0.25, 0.3) is 0 Å². The van der Waals surface area contributed by atoms with Crippen LogP contribution in [0.4, 0.5) is 0 Å². The molecule has 2 nitrogen and oxygen atoms in total. The second kappa shape index (κ2) is 2.66. The van der Waals surface area contributed by atoms with E-state index in [1.165, 1.54) is 0 Å². The third-order valence-corrected chi connectivity index (χ3v) is 2.29. The van der Waals surface area contributed by atoms with E-state index in [2.05, 4.69) is 31.6 Å². The minimum Gasteiger partial charge on any atom is -0.361 e. The van der Waals surface area contributed by atoms with Crippen molar-refractivity contribution in [2.45, 2.75) is 19.3 Å². The fraction of sp³-hybridized carbons (Fsp3) is 0.571. The Bertz CT molecular complexity index is 193. The van der Waals surface area contributed by atoms with Gasteiger partial charge >= 0.3 is 0 Å². The molecule has 0 N–H and O–H groups in total. The van der Waals surface area contributed by atoms with Crippen LogP contribution < -0.4 is 0 Å². The molecule has 0 aliphatic heterocycles. The Morgan fingerprint density at radius 2 is 2.40 bits per heavy atom. The average molecular weight is 157 g/mol. The van der Waals surface area contributed by atoms with Crippen molar-refractivity contribution in [2.24, 2.45) is 0 Å². The monoisotopic (exact) mass is 157 g/mol. The molecule has 0 aliphatic carbocycles. The lowest BCUT2D eigenvalue weighted by Gasteiger charge is -2.16. The zero-order valence-corrected chi connectivity index (χ0v) is 7.06. The Morgan fingerprint density at radius 1 is 1.70 bits per heavy atom. The van der Waals surface area contributed by atoms with E-state index in [9.17, 15) is 0 Å². The highest BCUT2D eigenvalue weighted by Crippen LogP contribution is 2.23. The van der Waals surface area contributed by atoms with Crippen LogP contribution in [0, 0.1) is 0 Å². The minimum absolute atomic E-state index is 0.000386. The molecule has 0 atom stereocenters. The Morgan fingerprint density at radius 3 is 2.80 bits per heavy atom. The molecule has 0 spiro atoms. The maximum atomic E-state index is 4.99. The van der Waals surface area contributed by atoms with Crippen LogP contribution in [-0.2, 0) is 5.41 Å². The summed E-state index contributed by atoms with van der Waals surface area (Å²) in [5, 5.41) is 3.63. The van der Waals surface area contributed by atoms with E-state index in [0.29, 0.717) is 0 Å². The first-order valence-electron chi connectivity index (χ1n) is 3.19. The third kappa shape index (κ3) is 1.34. The molecule has 0 aliphatic rings. The van der Waals surface area contributed by atoms with E-state index >= 15 is 0 Å². The maximum absolute atomic E-state index is 4.99. The minimum atomic E-state index is -0.000386. The van der Waals surface area contributed by atoms with Crippen molar-refractivity contribution < 1.29 is 4.52 Å².